The number of aliphatic hydroxyl groups is 1. The van der Waals surface area contributed by atoms with Crippen LogP contribution in [0.4, 0.5) is 0 Å². The Morgan fingerprint density at radius 1 is 1.02 bits per heavy atom. The van der Waals surface area contributed by atoms with Gasteiger partial charge in [0.25, 0.3) is 0 Å². The maximum absolute atomic E-state index is 13.9. The Kier molecular flexibility index (Phi) is 12.6. The first kappa shape index (κ1) is 36.9. The van der Waals surface area contributed by atoms with Gasteiger partial charge in [-0.2, -0.15) is 0 Å². The van der Waals surface area contributed by atoms with Crippen LogP contribution in [0.2, 0.25) is 0 Å². The summed E-state index contributed by atoms with van der Waals surface area (Å²) in [6.07, 6.45) is 5.37. The van der Waals surface area contributed by atoms with Crippen LogP contribution in [0.3, 0.4) is 0 Å². The molecule has 11 nitrogen and oxygen atoms in total. The summed E-state index contributed by atoms with van der Waals surface area (Å²) in [5, 5.41) is 20.3. The molecule has 1 saturated carbocycles. The number of sulfone groups is 1. The van der Waals surface area contributed by atoms with E-state index in [0.29, 0.717) is 24.8 Å². The summed E-state index contributed by atoms with van der Waals surface area (Å²) in [6.45, 7) is 9.07. The van der Waals surface area contributed by atoms with E-state index in [4.69, 9.17) is 4.74 Å². The molecule has 45 heavy (non-hydrogen) atoms. The minimum Gasteiger partial charge on any atom is -0.390 e. The number of carbonyl (C=O) groups is 3. The molecule has 2 aliphatic rings. The third-order valence-electron chi connectivity index (χ3n) is 9.31. The quantitative estimate of drug-likeness (QED) is 0.252. The molecule has 1 heterocycles. The van der Waals surface area contributed by atoms with Gasteiger partial charge in [-0.05, 0) is 71.3 Å². The number of piperidine rings is 1. The molecule has 1 aromatic carbocycles. The largest absolute Gasteiger partial charge is 0.390 e. The van der Waals surface area contributed by atoms with E-state index in [1.165, 1.54) is 21.0 Å². The average molecular weight is 651 g/mol. The van der Waals surface area contributed by atoms with Gasteiger partial charge in [0.15, 0.2) is 9.84 Å². The zero-order valence-electron chi connectivity index (χ0n) is 28.0. The van der Waals surface area contributed by atoms with E-state index in [2.05, 4.69) is 20.9 Å². The number of amides is 3. The number of carbonyl (C=O) groups excluding carboxylic acids is 3. The summed E-state index contributed by atoms with van der Waals surface area (Å²) in [5.74, 6) is -0.557. The number of hydrogen-bond donors (Lipinski definition) is 4. The Labute approximate surface area is 269 Å². The van der Waals surface area contributed by atoms with E-state index < -0.39 is 56.2 Å². The van der Waals surface area contributed by atoms with Crippen molar-refractivity contribution >= 4 is 27.6 Å². The Morgan fingerprint density at radius 3 is 2.22 bits per heavy atom. The third kappa shape index (κ3) is 10.2. The number of methoxy groups -OCH3 is 1. The van der Waals surface area contributed by atoms with Crippen LogP contribution in [-0.2, 0) is 35.4 Å². The highest BCUT2D eigenvalue weighted by atomic mass is 32.2. The molecule has 2 fully saturated rings. The number of aliphatic hydroxyl groups excluding tert-OH is 1. The first-order valence-corrected chi connectivity index (χ1v) is 17.9. The number of hydrogen-bond acceptors (Lipinski definition) is 8. The molecule has 3 amide bonds. The smallest absolute Gasteiger partial charge is 0.246 e. The summed E-state index contributed by atoms with van der Waals surface area (Å²) in [6, 6.07) is 6.65. The second-order valence-corrected chi connectivity index (χ2v) is 17.0. The van der Waals surface area contributed by atoms with Crippen molar-refractivity contribution in [2.45, 2.75) is 108 Å². The maximum atomic E-state index is 13.9. The Morgan fingerprint density at radius 2 is 1.64 bits per heavy atom. The van der Waals surface area contributed by atoms with Crippen LogP contribution in [0.15, 0.2) is 30.3 Å². The fourth-order valence-corrected chi connectivity index (χ4v) is 7.11. The summed E-state index contributed by atoms with van der Waals surface area (Å²) < 4.78 is 28.8. The van der Waals surface area contributed by atoms with Crippen molar-refractivity contribution in [2.24, 2.45) is 11.8 Å². The number of ether oxygens (including phenoxy) is 1. The molecule has 1 saturated heterocycles. The highest BCUT2D eigenvalue weighted by Crippen LogP contribution is 2.39. The van der Waals surface area contributed by atoms with Gasteiger partial charge in [0.05, 0.1) is 22.9 Å². The fraction of sp³-hybridized carbons (Fsp3) is 0.727. The molecule has 1 aromatic rings. The molecule has 0 bridgehead atoms. The van der Waals surface area contributed by atoms with Crippen molar-refractivity contribution in [2.75, 3.05) is 33.1 Å². The number of β-amino-alcohol motifs (C(OH)–C–C–N with tert-alkyl or cyclic N) is 1. The summed E-state index contributed by atoms with van der Waals surface area (Å²) in [4.78, 5) is 42.0. The SMILES string of the molecule is COCC(=O)N[C@H](C(=O)N[C@@H](Cc1ccccc1)[C@H](O)CN1C[C@H]2CCCC[C@H]2C[C@H]1C(=O)NC(C)(C)C)C(C)(C)S(C)(=O)=O. The Bertz CT molecular complexity index is 1270. The number of rotatable bonds is 13. The number of benzene rings is 1. The van der Waals surface area contributed by atoms with E-state index in [1.807, 2.05) is 51.1 Å². The maximum Gasteiger partial charge on any atom is 0.246 e. The number of fused-ring (bicyclic) bond motifs is 1. The highest BCUT2D eigenvalue weighted by molar-refractivity contribution is 7.92. The van der Waals surface area contributed by atoms with Crippen molar-refractivity contribution in [3.63, 3.8) is 0 Å². The second-order valence-electron chi connectivity index (χ2n) is 14.4. The molecule has 0 radical (unpaired) electrons. The third-order valence-corrected chi connectivity index (χ3v) is 11.5. The van der Waals surface area contributed by atoms with E-state index >= 15 is 0 Å². The molecule has 1 aliphatic carbocycles. The minimum atomic E-state index is -3.82. The standard InChI is InChI=1S/C33H54N4O7S/c1-32(2,3)36-30(40)26-18-23-15-11-12-16-24(23)19-37(26)20-27(38)25(17-22-13-9-8-10-14-22)34-31(41)29(35-28(39)21-44-6)33(4,5)45(7,42)43/h8-10,13-14,23-27,29,38H,11-12,15-21H2,1-7H3,(H,34,41)(H,35,39)(H,36,40)/t23-,24+,25-,26-,27+,29+/m0/s1. The second kappa shape index (κ2) is 15.4. The van der Waals surface area contributed by atoms with Gasteiger partial charge >= 0.3 is 0 Å². The van der Waals surface area contributed by atoms with Crippen molar-refractivity contribution in [1.29, 1.82) is 0 Å². The topological polar surface area (TPSA) is 154 Å². The van der Waals surface area contributed by atoms with E-state index in [9.17, 15) is 27.9 Å². The van der Waals surface area contributed by atoms with E-state index in [-0.39, 0.29) is 25.5 Å². The van der Waals surface area contributed by atoms with Crippen molar-refractivity contribution in [3.05, 3.63) is 35.9 Å². The van der Waals surface area contributed by atoms with Crippen molar-refractivity contribution in [3.8, 4) is 0 Å². The lowest BCUT2D eigenvalue weighted by Gasteiger charge is -2.47. The van der Waals surface area contributed by atoms with Crippen LogP contribution in [0.1, 0.15) is 72.3 Å². The minimum absolute atomic E-state index is 0.0711. The zero-order chi connectivity index (χ0) is 33.6. The van der Waals surface area contributed by atoms with Crippen LogP contribution in [0.25, 0.3) is 0 Å². The molecule has 254 valence electrons. The van der Waals surface area contributed by atoms with Gasteiger partial charge in [-0.25, -0.2) is 8.42 Å². The normalized spacial score (nSPS) is 23.2. The lowest BCUT2D eigenvalue weighted by atomic mass is 9.72. The molecule has 12 heteroatoms. The van der Waals surface area contributed by atoms with E-state index in [1.54, 1.807) is 0 Å². The molecule has 3 rings (SSSR count). The summed E-state index contributed by atoms with van der Waals surface area (Å²) >= 11 is 0. The first-order chi connectivity index (χ1) is 20.9. The van der Waals surface area contributed by atoms with E-state index in [0.717, 1.165) is 37.5 Å². The lowest BCUT2D eigenvalue weighted by Crippen LogP contribution is -2.64. The molecule has 0 aromatic heterocycles. The van der Waals surface area contributed by atoms with Crippen LogP contribution < -0.4 is 16.0 Å². The van der Waals surface area contributed by atoms with Crippen LogP contribution in [0, 0.1) is 11.8 Å². The monoisotopic (exact) mass is 650 g/mol. The van der Waals surface area contributed by atoms with Gasteiger partial charge in [-0.15, -0.1) is 0 Å². The Hall–Kier alpha value is -2.54. The zero-order valence-corrected chi connectivity index (χ0v) is 28.8. The molecule has 6 atom stereocenters. The number of likely N-dealkylation sites (tertiary alicyclic amines) is 1. The predicted molar refractivity (Wildman–Crippen MR) is 174 cm³/mol. The Balaban J connectivity index is 1.91. The molecular weight excluding hydrogens is 596 g/mol. The molecule has 1 aliphatic heterocycles. The molecular formula is C33H54N4O7S. The van der Waals surface area contributed by atoms with Gasteiger partial charge in [-0.3, -0.25) is 19.3 Å². The van der Waals surface area contributed by atoms with Crippen LogP contribution >= 0.6 is 0 Å². The van der Waals surface area contributed by atoms with Crippen LogP contribution in [0.5, 0.6) is 0 Å². The van der Waals surface area contributed by atoms with Gasteiger partial charge in [0.2, 0.25) is 17.7 Å². The lowest BCUT2D eigenvalue weighted by molar-refractivity contribution is -0.134. The van der Waals surface area contributed by atoms with Gasteiger partial charge in [0.1, 0.15) is 12.6 Å². The predicted octanol–water partition coefficient (Wildman–Crippen LogP) is 1.82. The van der Waals surface area contributed by atoms with Crippen molar-refractivity contribution < 1.29 is 32.6 Å². The highest BCUT2D eigenvalue weighted by Gasteiger charge is 2.46. The number of nitrogens with zero attached hydrogens (tertiary/aromatic N) is 1. The fourth-order valence-electron chi connectivity index (χ4n) is 6.51. The molecule has 4 N–H and O–H groups in total. The average Bonchev–Trinajstić information content (AvgIpc) is 2.94. The van der Waals surface area contributed by atoms with Gasteiger partial charge < -0.3 is 25.8 Å². The van der Waals surface area contributed by atoms with Crippen LogP contribution in [-0.4, -0.2) is 104 Å². The molecule has 0 unspecified atom stereocenters. The van der Waals surface area contributed by atoms with Gasteiger partial charge in [-0.1, -0.05) is 49.6 Å². The van der Waals surface area contributed by atoms with Gasteiger partial charge in [0, 0.05) is 32.0 Å². The van der Waals surface area contributed by atoms with Crippen molar-refractivity contribution in [1.82, 2.24) is 20.9 Å². The summed E-state index contributed by atoms with van der Waals surface area (Å²) in [7, 11) is -2.49. The first-order valence-electron chi connectivity index (χ1n) is 16.0. The summed E-state index contributed by atoms with van der Waals surface area (Å²) in [5.41, 5.74) is 0.445. The number of nitrogens with one attached hydrogen (secondary N) is 3. The molecule has 0 spiro atoms.